The van der Waals surface area contributed by atoms with Crippen molar-refractivity contribution in [3.8, 4) is 0 Å². The van der Waals surface area contributed by atoms with E-state index in [1.165, 1.54) is 0 Å². The van der Waals surface area contributed by atoms with Gasteiger partial charge < -0.3 is 22.9 Å². The van der Waals surface area contributed by atoms with Gasteiger partial charge in [0, 0.05) is 9.82 Å². The maximum absolute atomic E-state index is 7.54. The predicted molar refractivity (Wildman–Crippen MR) is 54.2 cm³/mol. The summed E-state index contributed by atoms with van der Waals surface area (Å²) in [5, 5.41) is 5.79. The van der Waals surface area contributed by atoms with E-state index in [1.807, 2.05) is 6.92 Å². The summed E-state index contributed by atoms with van der Waals surface area (Å²) < 4.78 is 0. The van der Waals surface area contributed by atoms with Crippen molar-refractivity contribution < 1.29 is 0 Å². The Morgan fingerprint density at radius 2 is 1.64 bits per heavy atom. The summed E-state index contributed by atoms with van der Waals surface area (Å²) in [6, 6.07) is 0. The van der Waals surface area contributed by atoms with Crippen molar-refractivity contribution in [3.63, 3.8) is 0 Å². The highest BCUT2D eigenvalue weighted by molar-refractivity contribution is 4.46. The van der Waals surface area contributed by atoms with Crippen molar-refractivity contribution in [1.29, 1.82) is 0 Å². The fraction of sp³-hybridized carbons (Fsp3) is 1.00. The van der Waals surface area contributed by atoms with Gasteiger partial charge in [-0.15, -0.1) is 0 Å². The molecule has 0 amide bonds. The van der Waals surface area contributed by atoms with E-state index >= 15 is 0 Å². The van der Waals surface area contributed by atoms with Gasteiger partial charge in [0.1, 0.15) is 6.29 Å². The molecule has 0 bridgehead atoms. The number of azide groups is 2. The Labute approximate surface area is 81.5 Å². The minimum absolute atomic E-state index is 0.0521. The van der Waals surface area contributed by atoms with Crippen molar-refractivity contribution in [2.24, 2.45) is 33.2 Å². The first-order valence-corrected chi connectivity index (χ1v) is 3.56. The molecule has 0 atom stereocenters. The first-order valence-electron chi connectivity index (χ1n) is 3.56. The Morgan fingerprint density at radius 3 is 1.64 bits per heavy atom. The van der Waals surface area contributed by atoms with Crippen LogP contribution >= 0.6 is 0 Å². The Bertz CT molecular complexity index is 175. The van der Waals surface area contributed by atoms with Crippen LogP contribution in [0.1, 0.15) is 6.92 Å². The van der Waals surface area contributed by atoms with E-state index in [9.17, 15) is 0 Å². The van der Waals surface area contributed by atoms with Crippen LogP contribution in [0.25, 0.3) is 20.9 Å². The SMILES string of the molecule is CCN.[N-]=[N+]=NC(N)N.[N-]=[N+]=NCN. The minimum Gasteiger partial charge on any atom is -0.331 e. The summed E-state index contributed by atoms with van der Waals surface area (Å²) in [5.74, 6) is 0. The lowest BCUT2D eigenvalue weighted by molar-refractivity contribution is 0.742. The zero-order chi connectivity index (χ0) is 11.8. The lowest BCUT2D eigenvalue weighted by Gasteiger charge is -1.85. The number of rotatable bonds is 2. The lowest BCUT2D eigenvalue weighted by Crippen LogP contribution is -2.26. The molecular formula is C4H16N10. The van der Waals surface area contributed by atoms with E-state index in [1.54, 1.807) is 0 Å². The molecule has 14 heavy (non-hydrogen) atoms. The average molecular weight is 204 g/mol. The number of hydrogen-bond acceptors (Lipinski definition) is 6. The van der Waals surface area contributed by atoms with Crippen molar-refractivity contribution >= 4 is 0 Å². The summed E-state index contributed by atoms with van der Waals surface area (Å²) >= 11 is 0. The van der Waals surface area contributed by atoms with Gasteiger partial charge in [-0.3, -0.25) is 0 Å². The number of nitrogens with zero attached hydrogens (tertiary/aromatic N) is 6. The fourth-order valence-electron chi connectivity index (χ4n) is 0.0961. The molecule has 0 saturated heterocycles. The highest BCUT2D eigenvalue weighted by atomic mass is 15.2. The molecule has 0 aromatic rings. The predicted octanol–water partition coefficient (Wildman–Crippen LogP) is -0.324. The standard InChI is InChI=1S/C2H7N.CH5N5.CH4N4/c1-2-3;2-1(3)5-6-4;2-1-4-5-3/h2-3H2,1H3;1H,2-3H2;1-2H2. The van der Waals surface area contributed by atoms with Gasteiger partial charge in [0.2, 0.25) is 0 Å². The van der Waals surface area contributed by atoms with E-state index in [-0.39, 0.29) is 6.67 Å². The molecule has 0 heterocycles. The van der Waals surface area contributed by atoms with Gasteiger partial charge in [-0.1, -0.05) is 17.2 Å². The molecule has 10 nitrogen and oxygen atoms in total. The molecule has 0 aliphatic heterocycles. The van der Waals surface area contributed by atoms with Crippen molar-refractivity contribution in [2.45, 2.75) is 13.2 Å². The van der Waals surface area contributed by atoms with Crippen LogP contribution in [-0.4, -0.2) is 19.5 Å². The van der Waals surface area contributed by atoms with Gasteiger partial charge >= 0.3 is 0 Å². The summed E-state index contributed by atoms with van der Waals surface area (Å²) in [5.41, 5.74) is 34.1. The first-order chi connectivity index (χ1) is 6.60. The second-order valence-corrected chi connectivity index (χ2v) is 1.52. The third kappa shape index (κ3) is 78.2. The monoisotopic (exact) mass is 204 g/mol. The van der Waals surface area contributed by atoms with Crippen LogP contribution in [0.2, 0.25) is 0 Å². The summed E-state index contributed by atoms with van der Waals surface area (Å²) in [6.45, 7) is 2.70. The first kappa shape index (κ1) is 18.3. The molecule has 0 radical (unpaired) electrons. The zero-order valence-corrected chi connectivity index (χ0v) is 7.98. The Kier molecular flexibility index (Phi) is 29.4. The Morgan fingerprint density at radius 1 is 1.21 bits per heavy atom. The van der Waals surface area contributed by atoms with Crippen molar-refractivity contribution in [2.75, 3.05) is 13.2 Å². The molecule has 0 rings (SSSR count). The molecule has 0 fully saturated rings. The van der Waals surface area contributed by atoms with Crippen LogP contribution in [0.5, 0.6) is 0 Å². The molecule has 0 unspecified atom stereocenters. The Hall–Kier alpha value is -1.54. The molecule has 82 valence electrons. The maximum atomic E-state index is 7.54. The summed E-state index contributed by atoms with van der Waals surface area (Å²) in [6.07, 6.45) is -0.894. The summed E-state index contributed by atoms with van der Waals surface area (Å²) in [7, 11) is 0. The summed E-state index contributed by atoms with van der Waals surface area (Å²) in [4.78, 5) is 4.66. The van der Waals surface area contributed by atoms with Crippen LogP contribution in [0.15, 0.2) is 10.2 Å². The zero-order valence-electron chi connectivity index (χ0n) is 7.98. The lowest BCUT2D eigenvalue weighted by atomic mass is 10.8. The number of nitrogens with two attached hydrogens (primary N) is 4. The second kappa shape index (κ2) is 22.5. The molecule has 0 aliphatic carbocycles. The van der Waals surface area contributed by atoms with Crippen molar-refractivity contribution in [1.82, 2.24) is 0 Å². The van der Waals surface area contributed by atoms with Gasteiger partial charge in [-0.05, 0) is 17.6 Å². The van der Waals surface area contributed by atoms with Crippen LogP contribution < -0.4 is 22.9 Å². The fourth-order valence-corrected chi connectivity index (χ4v) is 0.0961. The normalized spacial score (nSPS) is 6.71. The van der Waals surface area contributed by atoms with Gasteiger partial charge in [-0.2, -0.15) is 0 Å². The third-order valence-electron chi connectivity index (χ3n) is 0.330. The highest BCUT2D eigenvalue weighted by Gasteiger charge is 1.77. The van der Waals surface area contributed by atoms with E-state index in [0.717, 1.165) is 6.54 Å². The molecule has 0 aromatic heterocycles. The van der Waals surface area contributed by atoms with Crippen molar-refractivity contribution in [3.05, 3.63) is 20.9 Å². The van der Waals surface area contributed by atoms with Gasteiger partial charge in [0.25, 0.3) is 0 Å². The molecule has 0 aliphatic rings. The topological polar surface area (TPSA) is 202 Å². The molecule has 10 heteroatoms. The van der Waals surface area contributed by atoms with Crippen LogP contribution in [0.4, 0.5) is 0 Å². The third-order valence-corrected chi connectivity index (χ3v) is 0.330. The highest BCUT2D eigenvalue weighted by Crippen LogP contribution is 1.63. The smallest absolute Gasteiger partial charge is 0.133 e. The Balaban J connectivity index is -0.000000138. The second-order valence-electron chi connectivity index (χ2n) is 1.52. The molecule has 0 saturated carbocycles. The average Bonchev–Trinajstić information content (AvgIpc) is 2.07. The van der Waals surface area contributed by atoms with Gasteiger partial charge in [-0.25, -0.2) is 0 Å². The largest absolute Gasteiger partial charge is 0.331 e. The molecular weight excluding hydrogens is 188 g/mol. The van der Waals surface area contributed by atoms with E-state index < -0.39 is 6.29 Å². The van der Waals surface area contributed by atoms with Crippen LogP contribution in [0.3, 0.4) is 0 Å². The quantitative estimate of drug-likeness (QED) is 0.206. The molecule has 8 N–H and O–H groups in total. The minimum atomic E-state index is -0.894. The van der Waals surface area contributed by atoms with Gasteiger partial charge in [0.05, 0.1) is 6.67 Å². The van der Waals surface area contributed by atoms with Gasteiger partial charge in [0.15, 0.2) is 0 Å². The molecule has 0 spiro atoms. The maximum Gasteiger partial charge on any atom is 0.133 e. The van der Waals surface area contributed by atoms with Crippen LogP contribution in [-0.2, 0) is 0 Å². The number of hydrogen-bond donors (Lipinski definition) is 4. The van der Waals surface area contributed by atoms with E-state index in [0.29, 0.717) is 0 Å². The van der Waals surface area contributed by atoms with E-state index in [2.05, 4.69) is 20.1 Å². The van der Waals surface area contributed by atoms with Crippen LogP contribution in [0, 0.1) is 0 Å². The van der Waals surface area contributed by atoms with E-state index in [4.69, 9.17) is 34.0 Å². The molecule has 0 aromatic carbocycles.